The Morgan fingerprint density at radius 1 is 1.16 bits per heavy atom. The number of fused-ring (bicyclic) bond motifs is 1. The summed E-state index contributed by atoms with van der Waals surface area (Å²) < 4.78 is 0. The number of carbonyl (C=O) groups is 2. The van der Waals surface area contributed by atoms with Crippen LogP contribution in [0.15, 0.2) is 24.3 Å². The van der Waals surface area contributed by atoms with Crippen LogP contribution in [0.3, 0.4) is 0 Å². The highest BCUT2D eigenvalue weighted by molar-refractivity contribution is 5.95. The van der Waals surface area contributed by atoms with E-state index in [1.807, 2.05) is 34.1 Å². The number of nitrogens with one attached hydrogen (secondary N) is 1. The molecule has 0 unspecified atom stereocenters. The van der Waals surface area contributed by atoms with Crippen molar-refractivity contribution in [3.63, 3.8) is 0 Å². The molecule has 0 radical (unpaired) electrons. The largest absolute Gasteiger partial charge is 0.481 e. The van der Waals surface area contributed by atoms with E-state index in [9.17, 15) is 14.7 Å². The number of anilines is 1. The predicted octanol–water partition coefficient (Wildman–Crippen LogP) is 2.19. The molecule has 1 aromatic carbocycles. The number of urea groups is 1. The van der Waals surface area contributed by atoms with E-state index in [1.165, 1.54) is 0 Å². The molecule has 3 aliphatic rings. The van der Waals surface area contributed by atoms with Crippen LogP contribution in [0.2, 0.25) is 0 Å². The van der Waals surface area contributed by atoms with Crippen LogP contribution in [-0.4, -0.2) is 54.2 Å². The van der Waals surface area contributed by atoms with Crippen LogP contribution >= 0.6 is 0 Å². The second-order valence-electron chi connectivity index (χ2n) is 7.44. The first-order valence-corrected chi connectivity index (χ1v) is 9.25. The van der Waals surface area contributed by atoms with Crippen molar-refractivity contribution >= 4 is 17.7 Å². The summed E-state index contributed by atoms with van der Waals surface area (Å²) in [5.41, 5.74) is 0.974. The van der Waals surface area contributed by atoms with Gasteiger partial charge in [-0.25, -0.2) is 4.79 Å². The number of hydrogen-bond donors (Lipinski definition) is 2. The molecule has 1 atom stereocenters. The van der Waals surface area contributed by atoms with Gasteiger partial charge >= 0.3 is 12.0 Å². The molecule has 2 aliphatic heterocycles. The molecule has 2 heterocycles. The molecule has 6 nitrogen and oxygen atoms in total. The quantitative estimate of drug-likeness (QED) is 0.882. The Hall–Kier alpha value is -2.08. The summed E-state index contributed by atoms with van der Waals surface area (Å²) in [4.78, 5) is 28.3. The van der Waals surface area contributed by atoms with Gasteiger partial charge in [-0.3, -0.25) is 9.69 Å². The number of hydrogen-bond acceptors (Lipinski definition) is 3. The van der Waals surface area contributed by atoms with Gasteiger partial charge in [0, 0.05) is 31.9 Å². The first-order valence-electron chi connectivity index (χ1n) is 9.25. The third-order valence-electron chi connectivity index (χ3n) is 6.07. The fraction of sp³-hybridized carbons (Fsp3) is 0.579. The van der Waals surface area contributed by atoms with Crippen molar-refractivity contribution in [3.05, 3.63) is 29.8 Å². The average Bonchev–Trinajstić information content (AvgIpc) is 2.99. The Balaban J connectivity index is 1.58. The molecule has 25 heavy (non-hydrogen) atoms. The molecule has 1 saturated carbocycles. The summed E-state index contributed by atoms with van der Waals surface area (Å²) in [6, 6.07) is 7.95. The van der Waals surface area contributed by atoms with E-state index in [0.717, 1.165) is 50.1 Å². The van der Waals surface area contributed by atoms with Gasteiger partial charge < -0.3 is 15.3 Å². The Bertz CT molecular complexity index is 667. The van der Waals surface area contributed by atoms with Crippen LogP contribution in [0.1, 0.15) is 37.7 Å². The van der Waals surface area contributed by atoms with E-state index in [1.54, 1.807) is 0 Å². The monoisotopic (exact) mass is 343 g/mol. The third-order valence-corrected chi connectivity index (χ3v) is 6.07. The number of carbonyl (C=O) groups excluding carboxylic acids is 1. The number of piperazine rings is 1. The number of benzene rings is 1. The molecule has 0 bridgehead atoms. The molecule has 2 amide bonds. The van der Waals surface area contributed by atoms with Gasteiger partial charge in [-0.1, -0.05) is 31.4 Å². The van der Waals surface area contributed by atoms with E-state index in [2.05, 4.69) is 5.32 Å². The van der Waals surface area contributed by atoms with Crippen LogP contribution in [-0.2, 0) is 10.2 Å². The van der Waals surface area contributed by atoms with Crippen molar-refractivity contribution in [1.29, 1.82) is 0 Å². The molecule has 2 saturated heterocycles. The number of rotatable bonds is 3. The van der Waals surface area contributed by atoms with Gasteiger partial charge in [0.05, 0.1) is 11.5 Å². The zero-order chi connectivity index (χ0) is 17.4. The van der Waals surface area contributed by atoms with E-state index in [-0.39, 0.29) is 12.1 Å². The zero-order valence-corrected chi connectivity index (χ0v) is 14.4. The zero-order valence-electron chi connectivity index (χ0n) is 14.4. The molecule has 4 rings (SSSR count). The summed E-state index contributed by atoms with van der Waals surface area (Å²) in [6.07, 6.45) is 4.43. The van der Waals surface area contributed by atoms with Crippen molar-refractivity contribution in [2.45, 2.75) is 43.6 Å². The van der Waals surface area contributed by atoms with Gasteiger partial charge in [-0.15, -0.1) is 0 Å². The summed E-state index contributed by atoms with van der Waals surface area (Å²) >= 11 is 0. The van der Waals surface area contributed by atoms with Gasteiger partial charge in [0.25, 0.3) is 0 Å². The molecule has 3 fully saturated rings. The minimum atomic E-state index is -0.757. The van der Waals surface area contributed by atoms with Crippen LogP contribution in [0.5, 0.6) is 0 Å². The highest BCUT2D eigenvalue weighted by Crippen LogP contribution is 2.40. The Morgan fingerprint density at radius 3 is 2.52 bits per heavy atom. The number of nitrogens with zero attached hydrogens (tertiary/aromatic N) is 2. The first kappa shape index (κ1) is 16.4. The summed E-state index contributed by atoms with van der Waals surface area (Å²) in [7, 11) is 0. The van der Waals surface area contributed by atoms with E-state index >= 15 is 0 Å². The van der Waals surface area contributed by atoms with Crippen LogP contribution in [0.25, 0.3) is 0 Å². The van der Waals surface area contributed by atoms with Gasteiger partial charge in [0.1, 0.15) is 0 Å². The lowest BCUT2D eigenvalue weighted by atomic mass is 9.69. The standard InChI is InChI=1S/C19H25N3O3/c23-17(24)19(8-2-1-3-9-19)14-4-6-15(7-5-14)22-13-16-12-20-10-11-21(16)18(22)25/h4-7,16,20H,1-3,8-13H2,(H,23,24)/t16-/m0/s1. The van der Waals surface area contributed by atoms with Gasteiger partial charge in [0.2, 0.25) is 0 Å². The van der Waals surface area contributed by atoms with Crippen molar-refractivity contribution in [1.82, 2.24) is 10.2 Å². The molecular formula is C19H25N3O3. The smallest absolute Gasteiger partial charge is 0.324 e. The molecule has 0 aromatic heterocycles. The lowest BCUT2D eigenvalue weighted by molar-refractivity contribution is -0.145. The number of carboxylic acids is 1. The Morgan fingerprint density at radius 2 is 1.88 bits per heavy atom. The van der Waals surface area contributed by atoms with E-state index in [4.69, 9.17) is 0 Å². The normalized spacial score (nSPS) is 25.8. The Kier molecular flexibility index (Phi) is 4.15. The van der Waals surface area contributed by atoms with Crippen molar-refractivity contribution in [3.8, 4) is 0 Å². The predicted molar refractivity (Wildman–Crippen MR) is 94.9 cm³/mol. The summed E-state index contributed by atoms with van der Waals surface area (Å²) in [5.74, 6) is -0.722. The molecule has 6 heteroatoms. The highest BCUT2D eigenvalue weighted by atomic mass is 16.4. The highest BCUT2D eigenvalue weighted by Gasteiger charge is 2.42. The minimum Gasteiger partial charge on any atom is -0.481 e. The molecule has 2 N–H and O–H groups in total. The first-order chi connectivity index (χ1) is 12.1. The van der Waals surface area contributed by atoms with Crippen molar-refractivity contribution < 1.29 is 14.7 Å². The maximum Gasteiger partial charge on any atom is 0.324 e. The van der Waals surface area contributed by atoms with Crippen LogP contribution in [0.4, 0.5) is 10.5 Å². The Labute approximate surface area is 147 Å². The number of aliphatic carboxylic acids is 1. The van der Waals surface area contributed by atoms with Crippen molar-refractivity contribution in [2.75, 3.05) is 31.1 Å². The average molecular weight is 343 g/mol. The topological polar surface area (TPSA) is 72.9 Å². The minimum absolute atomic E-state index is 0.0601. The lowest BCUT2D eigenvalue weighted by Crippen LogP contribution is -2.49. The summed E-state index contributed by atoms with van der Waals surface area (Å²) in [6.45, 7) is 3.12. The maximum absolute atomic E-state index is 12.6. The third kappa shape index (κ3) is 2.68. The fourth-order valence-corrected chi connectivity index (χ4v) is 4.58. The summed E-state index contributed by atoms with van der Waals surface area (Å²) in [5, 5.41) is 13.2. The van der Waals surface area contributed by atoms with Gasteiger partial charge in [-0.05, 0) is 30.5 Å². The van der Waals surface area contributed by atoms with Crippen LogP contribution < -0.4 is 10.2 Å². The van der Waals surface area contributed by atoms with Crippen molar-refractivity contribution in [2.24, 2.45) is 0 Å². The molecule has 1 aliphatic carbocycles. The van der Waals surface area contributed by atoms with Gasteiger partial charge in [0.15, 0.2) is 0 Å². The second-order valence-corrected chi connectivity index (χ2v) is 7.44. The van der Waals surface area contributed by atoms with E-state index < -0.39 is 11.4 Å². The molecule has 0 spiro atoms. The number of amides is 2. The molecular weight excluding hydrogens is 318 g/mol. The van der Waals surface area contributed by atoms with Gasteiger partial charge in [-0.2, -0.15) is 0 Å². The second kappa shape index (κ2) is 6.33. The lowest BCUT2D eigenvalue weighted by Gasteiger charge is -2.34. The molecule has 1 aromatic rings. The number of carboxylic acid groups (broad SMARTS) is 1. The maximum atomic E-state index is 12.6. The van der Waals surface area contributed by atoms with Crippen LogP contribution in [0, 0.1) is 0 Å². The SMILES string of the molecule is O=C1N(c2ccc(C3(C(=O)O)CCCCC3)cc2)C[C@@H]2CNCCN12. The molecule has 134 valence electrons. The fourth-order valence-electron chi connectivity index (χ4n) is 4.58. The van der Waals surface area contributed by atoms with E-state index in [0.29, 0.717) is 19.4 Å².